The van der Waals surface area contributed by atoms with Gasteiger partial charge in [0.15, 0.2) is 10.8 Å². The fourth-order valence-electron chi connectivity index (χ4n) is 3.24. The number of rotatable bonds is 7. The zero-order chi connectivity index (χ0) is 28.7. The molecule has 0 spiro atoms. The first-order valence-corrected chi connectivity index (χ1v) is 12.2. The summed E-state index contributed by atoms with van der Waals surface area (Å²) in [5.41, 5.74) is 4.01. The number of carboxylic acid groups (broad SMARTS) is 2. The molecule has 0 unspecified atom stereocenters. The number of nitrogens with one attached hydrogen (secondary N) is 2. The molecule has 212 valence electrons. The molecule has 13 heteroatoms. The molecule has 0 aliphatic carbocycles. The molecule has 9 nitrogen and oxygen atoms in total. The van der Waals surface area contributed by atoms with Crippen LogP contribution in [0.1, 0.15) is 31.6 Å². The van der Waals surface area contributed by atoms with Crippen LogP contribution in [0.25, 0.3) is 21.5 Å². The maximum atomic E-state index is 12.4. The lowest BCUT2D eigenvalue weighted by atomic mass is 10.0. The smallest absolute Gasteiger partial charge is 0.480 e. The molecular formula is C27H27F3N4O5S. The molecule has 0 aliphatic rings. The maximum Gasteiger partial charge on any atom is 0.490 e. The normalized spacial score (nSPS) is 11.6. The summed E-state index contributed by atoms with van der Waals surface area (Å²) in [6.45, 7) is 3.52. The number of benzene rings is 2. The van der Waals surface area contributed by atoms with E-state index in [0.29, 0.717) is 5.56 Å². The SMILES string of the molecule is C.CC(C)[C@H](NC(=O)c1ccc(-c2ccc(Nc3nc4ncccc4s3)cc2)cc1)C(=O)O.O=C(O)C(F)(F)F. The summed E-state index contributed by atoms with van der Waals surface area (Å²) < 4.78 is 32.8. The number of hydrogen-bond acceptors (Lipinski definition) is 7. The van der Waals surface area contributed by atoms with Crippen LogP contribution < -0.4 is 10.6 Å². The summed E-state index contributed by atoms with van der Waals surface area (Å²) in [4.78, 5) is 41.3. The molecule has 2 aromatic carbocycles. The lowest BCUT2D eigenvalue weighted by Gasteiger charge is -2.18. The number of halogens is 3. The van der Waals surface area contributed by atoms with E-state index in [1.165, 1.54) is 0 Å². The Labute approximate surface area is 231 Å². The molecule has 4 N–H and O–H groups in total. The maximum absolute atomic E-state index is 12.4. The molecule has 1 atom stereocenters. The molecule has 0 fully saturated rings. The number of alkyl halides is 3. The second-order valence-electron chi connectivity index (χ2n) is 8.46. The lowest BCUT2D eigenvalue weighted by molar-refractivity contribution is -0.192. The number of thiazole rings is 1. The van der Waals surface area contributed by atoms with Crippen molar-refractivity contribution < 1.29 is 37.8 Å². The zero-order valence-electron chi connectivity index (χ0n) is 20.6. The van der Waals surface area contributed by atoms with Gasteiger partial charge in [0.25, 0.3) is 5.91 Å². The van der Waals surface area contributed by atoms with E-state index in [1.54, 1.807) is 43.5 Å². The molecule has 0 radical (unpaired) electrons. The second kappa shape index (κ2) is 13.5. The summed E-state index contributed by atoms with van der Waals surface area (Å²) in [7, 11) is 0. The van der Waals surface area contributed by atoms with Crippen LogP contribution in [0, 0.1) is 5.92 Å². The summed E-state index contributed by atoms with van der Waals surface area (Å²) in [5, 5.41) is 23.0. The highest BCUT2D eigenvalue weighted by atomic mass is 32.1. The molecule has 0 bridgehead atoms. The van der Waals surface area contributed by atoms with Crippen LogP contribution >= 0.6 is 11.3 Å². The van der Waals surface area contributed by atoms with Crippen LogP contribution in [0.2, 0.25) is 0 Å². The Morgan fingerprint density at radius 3 is 1.95 bits per heavy atom. The van der Waals surface area contributed by atoms with Crippen molar-refractivity contribution in [1.29, 1.82) is 0 Å². The molecule has 0 saturated carbocycles. The molecule has 0 saturated heterocycles. The number of amides is 1. The first kappa shape index (κ1) is 31.7. The van der Waals surface area contributed by atoms with Crippen molar-refractivity contribution in [3.8, 4) is 11.1 Å². The van der Waals surface area contributed by atoms with Crippen LogP contribution in [0.5, 0.6) is 0 Å². The minimum absolute atomic E-state index is 0. The third kappa shape index (κ3) is 8.50. The third-order valence-corrected chi connectivity index (χ3v) is 6.17. The van der Waals surface area contributed by atoms with Crippen LogP contribution in [0.3, 0.4) is 0 Å². The third-order valence-electron chi connectivity index (χ3n) is 5.24. The lowest BCUT2D eigenvalue weighted by Crippen LogP contribution is -2.44. The largest absolute Gasteiger partial charge is 0.490 e. The van der Waals surface area contributed by atoms with Gasteiger partial charge in [-0.15, -0.1) is 0 Å². The van der Waals surface area contributed by atoms with E-state index >= 15 is 0 Å². The molecule has 40 heavy (non-hydrogen) atoms. The molecule has 2 aromatic heterocycles. The number of carbonyl (C=O) groups is 3. The van der Waals surface area contributed by atoms with Gasteiger partial charge in [-0.1, -0.05) is 56.9 Å². The van der Waals surface area contributed by atoms with Gasteiger partial charge in [0.1, 0.15) is 6.04 Å². The van der Waals surface area contributed by atoms with Gasteiger partial charge in [-0.05, 0) is 53.4 Å². The Bertz CT molecular complexity index is 1420. The average Bonchev–Trinajstić information content (AvgIpc) is 3.29. The number of carbonyl (C=O) groups excluding carboxylic acids is 1. The highest BCUT2D eigenvalue weighted by Crippen LogP contribution is 2.28. The molecule has 1 amide bonds. The standard InChI is InChI=1S/C24H22N4O3S.C2HF3O2.CH4/c1-14(2)20(23(30)31)27-22(29)17-7-5-15(6-8-17)16-9-11-18(12-10-16)26-24-28-21-19(32-24)4-3-13-25-21;3-2(4,5)1(6)7;/h3-14,20H,1-2H3,(H,27,29)(H,30,31)(H,25,26,28);(H,6,7);1H4/t20-;;/m0../s1. The van der Waals surface area contributed by atoms with Crippen molar-refractivity contribution in [3.05, 3.63) is 72.4 Å². The van der Waals surface area contributed by atoms with Gasteiger partial charge in [0.2, 0.25) is 0 Å². The summed E-state index contributed by atoms with van der Waals surface area (Å²) in [5.74, 6) is -4.40. The highest BCUT2D eigenvalue weighted by Gasteiger charge is 2.38. The van der Waals surface area contributed by atoms with E-state index in [9.17, 15) is 27.9 Å². The van der Waals surface area contributed by atoms with E-state index in [-0.39, 0.29) is 13.3 Å². The quantitative estimate of drug-likeness (QED) is 0.203. The number of carboxylic acids is 2. The van der Waals surface area contributed by atoms with Gasteiger partial charge in [-0.2, -0.15) is 18.2 Å². The first-order chi connectivity index (χ1) is 18.3. The van der Waals surface area contributed by atoms with Crippen molar-refractivity contribution in [3.63, 3.8) is 0 Å². The van der Waals surface area contributed by atoms with Crippen LogP contribution in [-0.2, 0) is 9.59 Å². The summed E-state index contributed by atoms with van der Waals surface area (Å²) >= 11 is 1.55. The van der Waals surface area contributed by atoms with E-state index in [0.717, 1.165) is 32.3 Å². The van der Waals surface area contributed by atoms with Crippen molar-refractivity contribution in [2.45, 2.75) is 33.5 Å². The van der Waals surface area contributed by atoms with E-state index < -0.39 is 30.1 Å². The van der Waals surface area contributed by atoms with E-state index in [4.69, 9.17) is 9.90 Å². The minimum atomic E-state index is -5.08. The van der Waals surface area contributed by atoms with Gasteiger partial charge >= 0.3 is 18.1 Å². The highest BCUT2D eigenvalue weighted by molar-refractivity contribution is 7.22. The van der Waals surface area contributed by atoms with Gasteiger partial charge in [0, 0.05) is 17.4 Å². The number of hydrogen-bond donors (Lipinski definition) is 4. The van der Waals surface area contributed by atoms with E-state index in [1.807, 2.05) is 48.5 Å². The Morgan fingerprint density at radius 1 is 0.925 bits per heavy atom. The van der Waals surface area contributed by atoms with Crippen molar-refractivity contribution in [1.82, 2.24) is 15.3 Å². The van der Waals surface area contributed by atoms with Gasteiger partial charge in [-0.25, -0.2) is 14.6 Å². The number of pyridine rings is 1. The fraction of sp³-hybridized carbons (Fsp3) is 0.222. The molecule has 0 aliphatic heterocycles. The van der Waals surface area contributed by atoms with Crippen LogP contribution in [0.4, 0.5) is 24.0 Å². The van der Waals surface area contributed by atoms with Crippen LogP contribution in [0.15, 0.2) is 66.9 Å². The number of aromatic nitrogens is 2. The Morgan fingerprint density at radius 2 is 1.48 bits per heavy atom. The Kier molecular flexibility index (Phi) is 10.7. The fourth-order valence-corrected chi connectivity index (χ4v) is 4.09. The van der Waals surface area contributed by atoms with Crippen molar-refractivity contribution >= 4 is 50.3 Å². The monoisotopic (exact) mass is 576 g/mol. The summed E-state index contributed by atoms with van der Waals surface area (Å²) in [6.07, 6.45) is -3.36. The molecule has 4 aromatic rings. The molecule has 2 heterocycles. The van der Waals surface area contributed by atoms with Crippen molar-refractivity contribution in [2.24, 2.45) is 5.92 Å². The number of anilines is 2. The van der Waals surface area contributed by atoms with Gasteiger partial charge in [0.05, 0.1) is 4.70 Å². The predicted octanol–water partition coefficient (Wildman–Crippen LogP) is 6.21. The Balaban J connectivity index is 0.000000623. The molecule has 4 rings (SSSR count). The van der Waals surface area contributed by atoms with Gasteiger partial charge in [-0.3, -0.25) is 4.79 Å². The van der Waals surface area contributed by atoms with E-state index in [2.05, 4.69) is 20.6 Å². The first-order valence-electron chi connectivity index (χ1n) is 11.4. The number of fused-ring (bicyclic) bond motifs is 1. The second-order valence-corrected chi connectivity index (χ2v) is 9.49. The average molecular weight is 577 g/mol. The van der Waals surface area contributed by atoms with Gasteiger partial charge < -0.3 is 20.8 Å². The van der Waals surface area contributed by atoms with Crippen LogP contribution in [-0.4, -0.2) is 50.2 Å². The topological polar surface area (TPSA) is 142 Å². The minimum Gasteiger partial charge on any atom is -0.480 e. The predicted molar refractivity (Wildman–Crippen MR) is 147 cm³/mol. The Hall–Kier alpha value is -4.52. The number of aliphatic carboxylic acids is 2. The molecular weight excluding hydrogens is 549 g/mol. The number of nitrogens with zero attached hydrogens (tertiary/aromatic N) is 2. The zero-order valence-corrected chi connectivity index (χ0v) is 21.4. The van der Waals surface area contributed by atoms with Crippen molar-refractivity contribution in [2.75, 3.05) is 5.32 Å². The summed E-state index contributed by atoms with van der Waals surface area (Å²) in [6, 6.07) is 18.0.